The van der Waals surface area contributed by atoms with E-state index in [0.717, 1.165) is 10.7 Å². The standard InChI is InChI=1S/C10H8F3N3O/c1-16-7(4-8(15-16)10(11,12)13)6-2-3-9(17)14-5-6/h2-5H,1H3,(H,14,17). The Labute approximate surface area is 93.7 Å². The van der Waals surface area contributed by atoms with Gasteiger partial charge < -0.3 is 4.98 Å². The zero-order chi connectivity index (χ0) is 12.6. The molecule has 0 fully saturated rings. The number of hydrogen-bond donors (Lipinski definition) is 1. The molecule has 0 aliphatic carbocycles. The molecule has 17 heavy (non-hydrogen) atoms. The van der Waals surface area contributed by atoms with Gasteiger partial charge in [0.25, 0.3) is 0 Å². The lowest BCUT2D eigenvalue weighted by molar-refractivity contribution is -0.141. The molecule has 0 aromatic carbocycles. The molecule has 90 valence electrons. The van der Waals surface area contributed by atoms with Gasteiger partial charge in [-0.2, -0.15) is 18.3 Å². The number of aromatic amines is 1. The number of aromatic nitrogens is 3. The van der Waals surface area contributed by atoms with Crippen LogP contribution in [0.3, 0.4) is 0 Å². The number of nitrogens with zero attached hydrogens (tertiary/aromatic N) is 2. The van der Waals surface area contributed by atoms with Crippen LogP contribution in [0.1, 0.15) is 5.69 Å². The van der Waals surface area contributed by atoms with E-state index < -0.39 is 11.9 Å². The van der Waals surface area contributed by atoms with Gasteiger partial charge in [0, 0.05) is 24.9 Å². The number of rotatable bonds is 1. The van der Waals surface area contributed by atoms with E-state index >= 15 is 0 Å². The average molecular weight is 243 g/mol. The third kappa shape index (κ3) is 2.22. The van der Waals surface area contributed by atoms with Gasteiger partial charge in [-0.25, -0.2) is 0 Å². The SMILES string of the molecule is Cn1nc(C(F)(F)F)cc1-c1ccc(=O)[nH]c1. The van der Waals surface area contributed by atoms with E-state index in [0.29, 0.717) is 5.56 Å². The maximum Gasteiger partial charge on any atom is 0.435 e. The molecular formula is C10H8F3N3O. The topological polar surface area (TPSA) is 50.7 Å². The zero-order valence-electron chi connectivity index (χ0n) is 8.75. The van der Waals surface area contributed by atoms with Gasteiger partial charge in [-0.15, -0.1) is 0 Å². The summed E-state index contributed by atoms with van der Waals surface area (Å²) in [5.41, 5.74) is -0.517. The Balaban J connectivity index is 2.50. The van der Waals surface area contributed by atoms with Crippen molar-refractivity contribution in [2.24, 2.45) is 7.05 Å². The predicted octanol–water partition coefficient (Wildman–Crippen LogP) is 1.79. The lowest BCUT2D eigenvalue weighted by atomic mass is 10.2. The smallest absolute Gasteiger partial charge is 0.328 e. The first-order valence-corrected chi connectivity index (χ1v) is 4.68. The summed E-state index contributed by atoms with van der Waals surface area (Å²) in [6, 6.07) is 3.62. The van der Waals surface area contributed by atoms with Crippen molar-refractivity contribution in [2.75, 3.05) is 0 Å². The molecule has 2 heterocycles. The average Bonchev–Trinajstić information content (AvgIpc) is 2.61. The fourth-order valence-corrected chi connectivity index (χ4v) is 1.45. The summed E-state index contributed by atoms with van der Waals surface area (Å²) in [7, 11) is 1.41. The van der Waals surface area contributed by atoms with Crippen LogP contribution in [0.4, 0.5) is 13.2 Å². The first kappa shape index (κ1) is 11.4. The third-order valence-electron chi connectivity index (χ3n) is 2.25. The summed E-state index contributed by atoms with van der Waals surface area (Å²) in [5.74, 6) is 0. The molecule has 7 heteroatoms. The van der Waals surface area contributed by atoms with Crippen molar-refractivity contribution in [3.8, 4) is 11.3 Å². The van der Waals surface area contributed by atoms with E-state index in [1.165, 1.54) is 25.4 Å². The third-order valence-corrected chi connectivity index (χ3v) is 2.25. The van der Waals surface area contributed by atoms with Crippen LogP contribution in [-0.4, -0.2) is 14.8 Å². The molecule has 2 rings (SSSR count). The van der Waals surface area contributed by atoms with Gasteiger partial charge in [0.2, 0.25) is 5.56 Å². The molecule has 1 N–H and O–H groups in total. The van der Waals surface area contributed by atoms with E-state index in [1.807, 2.05) is 0 Å². The Morgan fingerprint density at radius 3 is 2.53 bits per heavy atom. The maximum absolute atomic E-state index is 12.4. The first-order chi connectivity index (χ1) is 7.88. The van der Waals surface area contributed by atoms with E-state index in [2.05, 4.69) is 10.1 Å². The van der Waals surface area contributed by atoms with Gasteiger partial charge in [-0.3, -0.25) is 9.48 Å². The van der Waals surface area contributed by atoms with Crippen LogP contribution in [0.15, 0.2) is 29.2 Å². The number of halogens is 3. The van der Waals surface area contributed by atoms with Gasteiger partial charge >= 0.3 is 6.18 Å². The molecule has 0 aliphatic rings. The van der Waals surface area contributed by atoms with Gasteiger partial charge in [-0.05, 0) is 12.1 Å². The molecule has 0 bridgehead atoms. The number of pyridine rings is 1. The van der Waals surface area contributed by atoms with Crippen molar-refractivity contribution in [2.45, 2.75) is 6.18 Å². The Morgan fingerprint density at radius 1 is 1.35 bits per heavy atom. The largest absolute Gasteiger partial charge is 0.435 e. The van der Waals surface area contributed by atoms with Crippen LogP contribution in [0.25, 0.3) is 11.3 Å². The Morgan fingerprint density at radius 2 is 2.06 bits per heavy atom. The van der Waals surface area contributed by atoms with Crippen molar-refractivity contribution in [1.29, 1.82) is 0 Å². The highest BCUT2D eigenvalue weighted by Gasteiger charge is 2.34. The van der Waals surface area contributed by atoms with Crippen molar-refractivity contribution in [3.05, 3.63) is 40.4 Å². The highest BCUT2D eigenvalue weighted by Crippen LogP contribution is 2.30. The van der Waals surface area contributed by atoms with Gasteiger partial charge in [0.1, 0.15) is 0 Å². The fraction of sp³-hybridized carbons (Fsp3) is 0.200. The van der Waals surface area contributed by atoms with Crippen molar-refractivity contribution < 1.29 is 13.2 Å². The first-order valence-electron chi connectivity index (χ1n) is 4.68. The molecule has 0 radical (unpaired) electrons. The Hall–Kier alpha value is -2.05. The van der Waals surface area contributed by atoms with Crippen LogP contribution in [0.5, 0.6) is 0 Å². The molecule has 0 spiro atoms. The summed E-state index contributed by atoms with van der Waals surface area (Å²) in [6.07, 6.45) is -3.13. The highest BCUT2D eigenvalue weighted by molar-refractivity contribution is 5.58. The number of alkyl halides is 3. The van der Waals surface area contributed by atoms with Gasteiger partial charge in [-0.1, -0.05) is 0 Å². The molecule has 2 aromatic rings. The maximum atomic E-state index is 12.4. The predicted molar refractivity (Wildman–Crippen MR) is 54.3 cm³/mol. The Kier molecular flexibility index (Phi) is 2.53. The molecule has 4 nitrogen and oxygen atoms in total. The van der Waals surface area contributed by atoms with Gasteiger partial charge in [0.05, 0.1) is 5.69 Å². The number of H-pyrrole nitrogens is 1. The second kappa shape index (κ2) is 3.76. The summed E-state index contributed by atoms with van der Waals surface area (Å²) < 4.78 is 38.4. The van der Waals surface area contributed by atoms with Crippen LogP contribution >= 0.6 is 0 Å². The molecular weight excluding hydrogens is 235 g/mol. The van der Waals surface area contributed by atoms with E-state index in [1.54, 1.807) is 0 Å². The number of aryl methyl sites for hydroxylation is 1. The van der Waals surface area contributed by atoms with E-state index in [9.17, 15) is 18.0 Å². The van der Waals surface area contributed by atoms with E-state index in [-0.39, 0.29) is 11.3 Å². The fourth-order valence-electron chi connectivity index (χ4n) is 1.45. The number of nitrogens with one attached hydrogen (secondary N) is 1. The summed E-state index contributed by atoms with van der Waals surface area (Å²) >= 11 is 0. The minimum Gasteiger partial charge on any atom is -0.328 e. The zero-order valence-corrected chi connectivity index (χ0v) is 8.75. The minimum atomic E-state index is -4.47. The molecule has 2 aromatic heterocycles. The molecule has 0 aliphatic heterocycles. The summed E-state index contributed by atoms with van der Waals surface area (Å²) in [5, 5.41) is 3.38. The molecule has 0 atom stereocenters. The highest BCUT2D eigenvalue weighted by atomic mass is 19.4. The van der Waals surface area contributed by atoms with Crippen LogP contribution in [0.2, 0.25) is 0 Å². The van der Waals surface area contributed by atoms with Gasteiger partial charge in [0.15, 0.2) is 5.69 Å². The van der Waals surface area contributed by atoms with E-state index in [4.69, 9.17) is 0 Å². The van der Waals surface area contributed by atoms with Crippen molar-refractivity contribution in [3.63, 3.8) is 0 Å². The van der Waals surface area contributed by atoms with Crippen molar-refractivity contribution >= 4 is 0 Å². The molecule has 0 amide bonds. The second-order valence-corrected chi connectivity index (χ2v) is 3.48. The second-order valence-electron chi connectivity index (χ2n) is 3.48. The minimum absolute atomic E-state index is 0.286. The van der Waals surface area contributed by atoms with Crippen LogP contribution in [0, 0.1) is 0 Å². The number of hydrogen-bond acceptors (Lipinski definition) is 2. The molecule has 0 unspecified atom stereocenters. The molecule has 0 saturated carbocycles. The normalized spacial score (nSPS) is 11.8. The lowest BCUT2D eigenvalue weighted by Crippen LogP contribution is -2.06. The van der Waals surface area contributed by atoms with Crippen LogP contribution < -0.4 is 5.56 Å². The monoisotopic (exact) mass is 243 g/mol. The summed E-state index contributed by atoms with van der Waals surface area (Å²) in [6.45, 7) is 0. The quantitative estimate of drug-likeness (QED) is 0.830. The summed E-state index contributed by atoms with van der Waals surface area (Å²) in [4.78, 5) is 13.2. The van der Waals surface area contributed by atoms with Crippen LogP contribution in [-0.2, 0) is 13.2 Å². The molecule has 0 saturated heterocycles. The lowest BCUT2D eigenvalue weighted by Gasteiger charge is -1.99. The van der Waals surface area contributed by atoms with Crippen molar-refractivity contribution in [1.82, 2.24) is 14.8 Å². The Bertz CT molecular complexity index is 577.